The summed E-state index contributed by atoms with van der Waals surface area (Å²) in [5.74, 6) is 0.403. The summed E-state index contributed by atoms with van der Waals surface area (Å²) in [5, 5.41) is 11.6. The van der Waals surface area contributed by atoms with Crippen LogP contribution in [0.1, 0.15) is 12.0 Å². The van der Waals surface area contributed by atoms with Gasteiger partial charge in [0.15, 0.2) is 6.23 Å². The first-order chi connectivity index (χ1) is 10.1. The number of aliphatic hydroxyl groups excluding tert-OH is 1. The molecule has 1 saturated heterocycles. The fourth-order valence-electron chi connectivity index (χ4n) is 3.81. The molecular weight excluding hydrogens is 286 g/mol. The van der Waals surface area contributed by atoms with E-state index < -0.39 is 6.23 Å². The van der Waals surface area contributed by atoms with Gasteiger partial charge in [0.25, 0.3) is 5.91 Å². The van der Waals surface area contributed by atoms with Crippen LogP contribution in [0.5, 0.6) is 0 Å². The molecule has 110 valence electrons. The molecule has 0 spiro atoms. The molecule has 21 heavy (non-hydrogen) atoms. The Morgan fingerprint density at radius 2 is 1.95 bits per heavy atom. The number of fused-ring (bicyclic) bond motifs is 5. The van der Waals surface area contributed by atoms with Gasteiger partial charge in [-0.2, -0.15) is 9.35 Å². The summed E-state index contributed by atoms with van der Waals surface area (Å²) in [5.41, 5.74) is 1.17. The molecule has 5 atom stereocenters. The zero-order valence-corrected chi connectivity index (χ0v) is 12.5. The van der Waals surface area contributed by atoms with Gasteiger partial charge in [0, 0.05) is 10.8 Å². The molecule has 0 radical (unpaired) electrons. The van der Waals surface area contributed by atoms with Gasteiger partial charge in [0.1, 0.15) is 0 Å². The second-order valence-electron chi connectivity index (χ2n) is 6.10. The van der Waals surface area contributed by atoms with E-state index in [1.807, 2.05) is 31.2 Å². The fourth-order valence-corrected chi connectivity index (χ4v) is 4.38. The molecule has 1 saturated carbocycles. The average molecular weight is 303 g/mol. The number of hydrogen-bond donors (Lipinski definition) is 1. The van der Waals surface area contributed by atoms with Gasteiger partial charge in [-0.05, 0) is 37.3 Å². The van der Waals surface area contributed by atoms with E-state index in [1.54, 1.807) is 0 Å². The van der Waals surface area contributed by atoms with E-state index in [1.165, 1.54) is 10.6 Å². The van der Waals surface area contributed by atoms with Gasteiger partial charge < -0.3 is 5.11 Å². The molecular formula is C16H17NO3S. The SMILES string of the molecule is Cc1ccc(SON2C(=O)C3C4C=CC(C4)C3C2O)cc1. The van der Waals surface area contributed by atoms with E-state index in [2.05, 4.69) is 12.2 Å². The number of allylic oxidation sites excluding steroid dienone is 2. The zero-order chi connectivity index (χ0) is 14.6. The molecule has 0 aromatic heterocycles. The number of aliphatic hydroxyl groups is 1. The Balaban J connectivity index is 1.47. The van der Waals surface area contributed by atoms with Crippen molar-refractivity contribution in [3.8, 4) is 0 Å². The second kappa shape index (κ2) is 4.87. The van der Waals surface area contributed by atoms with E-state index in [0.717, 1.165) is 23.4 Å². The van der Waals surface area contributed by atoms with E-state index in [0.29, 0.717) is 5.92 Å². The Bertz CT molecular complexity index is 600. The van der Waals surface area contributed by atoms with Crippen molar-refractivity contribution < 1.29 is 14.2 Å². The third kappa shape index (κ3) is 2.03. The number of aryl methyl sites for hydroxylation is 1. The lowest BCUT2D eigenvalue weighted by Gasteiger charge is -2.23. The molecule has 3 aliphatic rings. The molecule has 1 aromatic carbocycles. The summed E-state index contributed by atoms with van der Waals surface area (Å²) in [6, 6.07) is 7.87. The lowest BCUT2D eigenvalue weighted by atomic mass is 9.85. The summed E-state index contributed by atoms with van der Waals surface area (Å²) in [6.07, 6.45) is 4.42. The summed E-state index contributed by atoms with van der Waals surface area (Å²) >= 11 is 1.12. The van der Waals surface area contributed by atoms with Crippen LogP contribution < -0.4 is 0 Å². The van der Waals surface area contributed by atoms with Crippen molar-refractivity contribution in [3.05, 3.63) is 42.0 Å². The maximum absolute atomic E-state index is 12.5. The minimum absolute atomic E-state index is 0.00822. The highest BCUT2D eigenvalue weighted by Gasteiger charge is 2.59. The molecule has 1 N–H and O–H groups in total. The van der Waals surface area contributed by atoms with Crippen LogP contribution in [0, 0.1) is 30.6 Å². The Labute approximate surface area is 127 Å². The van der Waals surface area contributed by atoms with Crippen molar-refractivity contribution in [2.75, 3.05) is 0 Å². The van der Waals surface area contributed by atoms with Crippen LogP contribution in [0.4, 0.5) is 0 Å². The molecule has 1 aromatic rings. The van der Waals surface area contributed by atoms with E-state index in [9.17, 15) is 9.90 Å². The van der Waals surface area contributed by atoms with Gasteiger partial charge in [-0.15, -0.1) is 0 Å². The largest absolute Gasteiger partial charge is 0.371 e. The number of amides is 1. The number of hydroxylamine groups is 2. The number of rotatable bonds is 3. The number of carbonyl (C=O) groups is 1. The fraction of sp³-hybridized carbons (Fsp3) is 0.438. The van der Waals surface area contributed by atoms with Crippen LogP contribution in [0.15, 0.2) is 41.3 Å². The van der Waals surface area contributed by atoms with Crippen molar-refractivity contribution in [1.29, 1.82) is 0 Å². The minimum Gasteiger partial charge on any atom is -0.371 e. The Kier molecular flexibility index (Phi) is 3.10. The van der Waals surface area contributed by atoms with Crippen molar-refractivity contribution in [3.63, 3.8) is 0 Å². The molecule has 4 rings (SSSR count). The van der Waals surface area contributed by atoms with E-state index in [4.69, 9.17) is 4.28 Å². The van der Waals surface area contributed by atoms with Crippen molar-refractivity contribution in [2.24, 2.45) is 23.7 Å². The molecule has 4 nitrogen and oxygen atoms in total. The predicted octanol–water partition coefficient (Wildman–Crippen LogP) is 2.53. The lowest BCUT2D eigenvalue weighted by Crippen LogP contribution is -2.35. The lowest BCUT2D eigenvalue weighted by molar-refractivity contribution is -0.178. The first-order valence-electron chi connectivity index (χ1n) is 7.26. The van der Waals surface area contributed by atoms with Crippen LogP contribution in [0.3, 0.4) is 0 Å². The van der Waals surface area contributed by atoms with Crippen LogP contribution >= 0.6 is 12.0 Å². The van der Waals surface area contributed by atoms with Crippen LogP contribution in [0.25, 0.3) is 0 Å². The molecule has 2 bridgehead atoms. The maximum atomic E-state index is 12.5. The Morgan fingerprint density at radius 1 is 1.24 bits per heavy atom. The number of carbonyl (C=O) groups excluding carboxylic acids is 1. The number of nitrogens with zero attached hydrogens (tertiary/aromatic N) is 1. The highest BCUT2D eigenvalue weighted by atomic mass is 32.2. The standard InChI is InChI=1S/C16H17NO3S/c1-9-2-6-12(7-3-9)21-20-17-15(18)13-10-4-5-11(8-10)14(13)16(17)19/h2-7,10-11,13-15,18H,8H2,1H3. The van der Waals surface area contributed by atoms with E-state index in [-0.39, 0.29) is 23.7 Å². The van der Waals surface area contributed by atoms with Crippen LogP contribution in [-0.2, 0) is 9.08 Å². The average Bonchev–Trinajstić information content (AvgIpc) is 3.14. The zero-order valence-electron chi connectivity index (χ0n) is 11.7. The molecule has 5 unspecified atom stereocenters. The van der Waals surface area contributed by atoms with Gasteiger partial charge in [0.05, 0.1) is 18.0 Å². The van der Waals surface area contributed by atoms with Crippen LogP contribution in [0.2, 0.25) is 0 Å². The number of benzene rings is 1. The molecule has 2 aliphatic carbocycles. The van der Waals surface area contributed by atoms with Gasteiger partial charge in [-0.1, -0.05) is 29.8 Å². The normalized spacial score (nSPS) is 36.6. The smallest absolute Gasteiger partial charge is 0.253 e. The second-order valence-corrected chi connectivity index (χ2v) is 6.89. The van der Waals surface area contributed by atoms with Gasteiger partial charge in [0.2, 0.25) is 0 Å². The summed E-state index contributed by atoms with van der Waals surface area (Å²) < 4.78 is 5.54. The third-order valence-electron chi connectivity index (χ3n) is 4.84. The van der Waals surface area contributed by atoms with Crippen LogP contribution in [-0.4, -0.2) is 22.3 Å². The van der Waals surface area contributed by atoms with Crippen molar-refractivity contribution in [2.45, 2.75) is 24.5 Å². The van der Waals surface area contributed by atoms with E-state index >= 15 is 0 Å². The maximum Gasteiger partial charge on any atom is 0.253 e. The molecule has 5 heteroatoms. The highest BCUT2D eigenvalue weighted by molar-refractivity contribution is 7.94. The van der Waals surface area contributed by atoms with Gasteiger partial charge >= 0.3 is 0 Å². The molecule has 1 amide bonds. The summed E-state index contributed by atoms with van der Waals surface area (Å²) in [4.78, 5) is 13.4. The third-order valence-corrected chi connectivity index (χ3v) is 5.54. The van der Waals surface area contributed by atoms with Crippen molar-refractivity contribution >= 4 is 17.9 Å². The highest BCUT2D eigenvalue weighted by Crippen LogP contribution is 2.54. The number of hydrogen-bond acceptors (Lipinski definition) is 4. The Hall–Kier alpha value is -1.30. The quantitative estimate of drug-likeness (QED) is 0.688. The predicted molar refractivity (Wildman–Crippen MR) is 78.7 cm³/mol. The van der Waals surface area contributed by atoms with Crippen molar-refractivity contribution in [1.82, 2.24) is 5.06 Å². The first kappa shape index (κ1) is 13.4. The molecule has 1 aliphatic heterocycles. The topological polar surface area (TPSA) is 49.8 Å². The first-order valence-corrected chi connectivity index (χ1v) is 8.00. The monoisotopic (exact) mass is 303 g/mol. The minimum atomic E-state index is -0.833. The summed E-state index contributed by atoms with van der Waals surface area (Å²) in [6.45, 7) is 2.02. The molecule has 1 heterocycles. The van der Waals surface area contributed by atoms with Gasteiger partial charge in [-0.25, -0.2) is 0 Å². The van der Waals surface area contributed by atoms with Gasteiger partial charge in [-0.3, -0.25) is 4.79 Å². The molecule has 2 fully saturated rings. The summed E-state index contributed by atoms with van der Waals surface area (Å²) in [7, 11) is 0. The Morgan fingerprint density at radius 3 is 2.67 bits per heavy atom.